The minimum absolute atomic E-state index is 0.662. The predicted octanol–water partition coefficient (Wildman–Crippen LogP) is 3.42. The molecular formula is C15H32N2. The molecule has 1 saturated heterocycles. The number of likely N-dealkylation sites (tertiary alicyclic amines) is 1. The van der Waals surface area contributed by atoms with Crippen molar-refractivity contribution < 1.29 is 0 Å². The van der Waals surface area contributed by atoms with Crippen LogP contribution in [0.4, 0.5) is 0 Å². The molecule has 0 aliphatic carbocycles. The zero-order valence-corrected chi connectivity index (χ0v) is 12.3. The number of nitrogens with one attached hydrogen (secondary N) is 1. The third-order valence-corrected chi connectivity index (χ3v) is 4.31. The first-order valence-corrected chi connectivity index (χ1v) is 7.69. The highest BCUT2D eigenvalue weighted by Crippen LogP contribution is 2.21. The molecule has 17 heavy (non-hydrogen) atoms. The summed E-state index contributed by atoms with van der Waals surface area (Å²) in [4.78, 5) is 2.74. The summed E-state index contributed by atoms with van der Waals surface area (Å²) < 4.78 is 0. The quantitative estimate of drug-likeness (QED) is 0.765. The van der Waals surface area contributed by atoms with Gasteiger partial charge in [0.2, 0.25) is 0 Å². The van der Waals surface area contributed by atoms with Gasteiger partial charge in [0.15, 0.2) is 0 Å². The van der Waals surface area contributed by atoms with Crippen LogP contribution in [0.15, 0.2) is 0 Å². The van der Waals surface area contributed by atoms with Gasteiger partial charge in [-0.3, -0.25) is 4.90 Å². The maximum Gasteiger partial charge on any atom is 0.0223 e. The standard InChI is InChI=1S/C15H32N2/c1-5-11-16-15(6-2)14(4)17-12-9-7-8-10-13(17)3/h13-16H,5-12H2,1-4H3. The molecule has 0 spiro atoms. The van der Waals surface area contributed by atoms with Crippen LogP contribution in [0.25, 0.3) is 0 Å². The Bertz CT molecular complexity index is 193. The molecule has 1 aliphatic heterocycles. The third-order valence-electron chi connectivity index (χ3n) is 4.31. The lowest BCUT2D eigenvalue weighted by molar-refractivity contribution is 0.124. The van der Waals surface area contributed by atoms with E-state index >= 15 is 0 Å². The van der Waals surface area contributed by atoms with E-state index in [1.165, 1.54) is 45.1 Å². The van der Waals surface area contributed by atoms with Gasteiger partial charge in [0.1, 0.15) is 0 Å². The molecule has 0 aromatic heterocycles. The molecule has 1 heterocycles. The van der Waals surface area contributed by atoms with Crippen LogP contribution in [0.3, 0.4) is 0 Å². The number of hydrogen-bond donors (Lipinski definition) is 1. The fourth-order valence-corrected chi connectivity index (χ4v) is 3.12. The Kier molecular flexibility index (Phi) is 7.14. The molecule has 0 aromatic rings. The van der Waals surface area contributed by atoms with Crippen LogP contribution in [-0.4, -0.2) is 36.1 Å². The largest absolute Gasteiger partial charge is 0.312 e. The van der Waals surface area contributed by atoms with E-state index in [9.17, 15) is 0 Å². The number of nitrogens with zero attached hydrogens (tertiary/aromatic N) is 1. The lowest BCUT2D eigenvalue weighted by atomic mass is 10.0. The second kappa shape index (κ2) is 8.10. The summed E-state index contributed by atoms with van der Waals surface area (Å²) in [5.41, 5.74) is 0. The van der Waals surface area contributed by atoms with Crippen LogP contribution in [0.1, 0.15) is 66.2 Å². The third kappa shape index (κ3) is 4.59. The number of rotatable bonds is 6. The first-order valence-electron chi connectivity index (χ1n) is 7.69. The number of hydrogen-bond acceptors (Lipinski definition) is 2. The highest BCUT2D eigenvalue weighted by molar-refractivity contribution is 4.84. The van der Waals surface area contributed by atoms with Gasteiger partial charge in [-0.1, -0.05) is 26.7 Å². The van der Waals surface area contributed by atoms with E-state index in [0.717, 1.165) is 12.6 Å². The fourth-order valence-electron chi connectivity index (χ4n) is 3.12. The van der Waals surface area contributed by atoms with Crippen LogP contribution in [0, 0.1) is 0 Å². The maximum atomic E-state index is 3.72. The Morgan fingerprint density at radius 2 is 2.00 bits per heavy atom. The molecule has 1 aliphatic rings. The van der Waals surface area contributed by atoms with Gasteiger partial charge in [0.05, 0.1) is 0 Å². The Balaban J connectivity index is 2.53. The zero-order chi connectivity index (χ0) is 12.7. The first kappa shape index (κ1) is 15.0. The molecule has 1 N–H and O–H groups in total. The Hall–Kier alpha value is -0.0800. The smallest absolute Gasteiger partial charge is 0.0223 e. The van der Waals surface area contributed by atoms with E-state index in [0.29, 0.717) is 12.1 Å². The average Bonchev–Trinajstić information content (AvgIpc) is 2.54. The molecule has 1 rings (SSSR count). The van der Waals surface area contributed by atoms with Crippen molar-refractivity contribution in [3.05, 3.63) is 0 Å². The Labute approximate surface area is 108 Å². The van der Waals surface area contributed by atoms with E-state index in [2.05, 4.69) is 37.9 Å². The highest BCUT2D eigenvalue weighted by atomic mass is 15.2. The lowest BCUT2D eigenvalue weighted by Gasteiger charge is -2.38. The van der Waals surface area contributed by atoms with Gasteiger partial charge >= 0.3 is 0 Å². The van der Waals surface area contributed by atoms with Crippen molar-refractivity contribution in [2.75, 3.05) is 13.1 Å². The Morgan fingerprint density at radius 3 is 2.65 bits per heavy atom. The van der Waals surface area contributed by atoms with Gasteiger partial charge < -0.3 is 5.32 Å². The molecule has 1 fully saturated rings. The van der Waals surface area contributed by atoms with Gasteiger partial charge in [-0.15, -0.1) is 0 Å². The van der Waals surface area contributed by atoms with E-state index < -0.39 is 0 Å². The fraction of sp³-hybridized carbons (Fsp3) is 1.00. The topological polar surface area (TPSA) is 15.3 Å². The molecule has 2 heteroatoms. The van der Waals surface area contributed by atoms with Crippen molar-refractivity contribution in [2.45, 2.75) is 84.3 Å². The molecule has 0 aromatic carbocycles. The van der Waals surface area contributed by atoms with Gasteiger partial charge in [0, 0.05) is 18.1 Å². The van der Waals surface area contributed by atoms with Gasteiger partial charge in [-0.05, 0) is 52.6 Å². The zero-order valence-electron chi connectivity index (χ0n) is 12.3. The summed E-state index contributed by atoms with van der Waals surface area (Å²) in [5.74, 6) is 0. The minimum atomic E-state index is 0.662. The average molecular weight is 240 g/mol. The van der Waals surface area contributed by atoms with Gasteiger partial charge in [-0.2, -0.15) is 0 Å². The molecule has 0 radical (unpaired) electrons. The molecule has 0 amide bonds. The van der Waals surface area contributed by atoms with Crippen molar-refractivity contribution in [3.63, 3.8) is 0 Å². The predicted molar refractivity (Wildman–Crippen MR) is 76.5 cm³/mol. The summed E-state index contributed by atoms with van der Waals surface area (Å²) in [6, 6.07) is 2.11. The van der Waals surface area contributed by atoms with Gasteiger partial charge in [0.25, 0.3) is 0 Å². The first-order chi connectivity index (χ1) is 8.20. The second-order valence-electron chi connectivity index (χ2n) is 5.65. The van der Waals surface area contributed by atoms with Crippen LogP contribution in [0.2, 0.25) is 0 Å². The van der Waals surface area contributed by atoms with Crippen LogP contribution < -0.4 is 5.32 Å². The highest BCUT2D eigenvalue weighted by Gasteiger charge is 2.26. The van der Waals surface area contributed by atoms with Crippen molar-refractivity contribution >= 4 is 0 Å². The lowest BCUT2D eigenvalue weighted by Crippen LogP contribution is -2.51. The Morgan fingerprint density at radius 1 is 1.24 bits per heavy atom. The molecule has 3 atom stereocenters. The van der Waals surface area contributed by atoms with Crippen LogP contribution in [0.5, 0.6) is 0 Å². The van der Waals surface area contributed by atoms with E-state index in [1.807, 2.05) is 0 Å². The molecule has 0 saturated carbocycles. The van der Waals surface area contributed by atoms with Crippen molar-refractivity contribution in [3.8, 4) is 0 Å². The molecule has 3 unspecified atom stereocenters. The molecule has 102 valence electrons. The second-order valence-corrected chi connectivity index (χ2v) is 5.65. The van der Waals surface area contributed by atoms with Crippen LogP contribution >= 0.6 is 0 Å². The normalized spacial score (nSPS) is 26.5. The van der Waals surface area contributed by atoms with Crippen LogP contribution in [-0.2, 0) is 0 Å². The maximum absolute atomic E-state index is 3.72. The SMILES string of the molecule is CCCNC(CC)C(C)N1CCCCCC1C. The van der Waals surface area contributed by atoms with Crippen molar-refractivity contribution in [1.82, 2.24) is 10.2 Å². The summed E-state index contributed by atoms with van der Waals surface area (Å²) in [6.45, 7) is 11.8. The summed E-state index contributed by atoms with van der Waals surface area (Å²) in [7, 11) is 0. The molecular weight excluding hydrogens is 208 g/mol. The molecule has 0 bridgehead atoms. The summed E-state index contributed by atoms with van der Waals surface area (Å²) in [5, 5.41) is 3.72. The minimum Gasteiger partial charge on any atom is -0.312 e. The summed E-state index contributed by atoms with van der Waals surface area (Å²) in [6.07, 6.45) is 8.09. The monoisotopic (exact) mass is 240 g/mol. The van der Waals surface area contributed by atoms with E-state index in [1.54, 1.807) is 0 Å². The summed E-state index contributed by atoms with van der Waals surface area (Å²) >= 11 is 0. The van der Waals surface area contributed by atoms with E-state index in [-0.39, 0.29) is 0 Å². The van der Waals surface area contributed by atoms with E-state index in [4.69, 9.17) is 0 Å². The molecule has 2 nitrogen and oxygen atoms in total. The van der Waals surface area contributed by atoms with Gasteiger partial charge in [-0.25, -0.2) is 0 Å². The van der Waals surface area contributed by atoms with Crippen molar-refractivity contribution in [2.24, 2.45) is 0 Å². The van der Waals surface area contributed by atoms with Crippen molar-refractivity contribution in [1.29, 1.82) is 0 Å².